The van der Waals surface area contributed by atoms with Gasteiger partial charge in [0.2, 0.25) is 11.8 Å². The third kappa shape index (κ3) is 8.19. The monoisotopic (exact) mass is 672 g/mol. The Morgan fingerprint density at radius 2 is 0.792 bits per heavy atom. The van der Waals surface area contributed by atoms with Crippen LogP contribution in [0.3, 0.4) is 0 Å². The van der Waals surface area contributed by atoms with Gasteiger partial charge in [-0.15, -0.1) is 10.1 Å². The van der Waals surface area contributed by atoms with Crippen LogP contribution < -0.4 is 0 Å². The number of imide groups is 4. The van der Waals surface area contributed by atoms with E-state index < -0.39 is 123 Å². The first kappa shape index (κ1) is 34.8. The minimum Gasteiger partial charge on any atom is -0.330 e. The molecule has 0 aromatic rings. The van der Waals surface area contributed by atoms with Gasteiger partial charge in [-0.1, -0.05) is 0 Å². The molecule has 20 heteroatoms. The van der Waals surface area contributed by atoms with Gasteiger partial charge < -0.3 is 9.68 Å². The molecule has 20 nitrogen and oxygen atoms in total. The van der Waals surface area contributed by atoms with Gasteiger partial charge in [0.15, 0.2) is 0 Å². The van der Waals surface area contributed by atoms with Crippen LogP contribution in [-0.2, 0) is 67.2 Å². The van der Waals surface area contributed by atoms with Crippen molar-refractivity contribution in [3.63, 3.8) is 0 Å². The van der Waals surface area contributed by atoms with E-state index in [-0.39, 0.29) is 35.8 Å². The Labute approximate surface area is 270 Å². The van der Waals surface area contributed by atoms with Crippen molar-refractivity contribution < 1.29 is 67.2 Å². The van der Waals surface area contributed by atoms with Crippen LogP contribution >= 0.6 is 0 Å². The van der Waals surface area contributed by atoms with Gasteiger partial charge in [0, 0.05) is 75.9 Å². The number of hydroxylamine groups is 4. The summed E-state index contributed by atoms with van der Waals surface area (Å²) in [5.41, 5.74) is 0. The van der Waals surface area contributed by atoms with E-state index in [4.69, 9.17) is 9.68 Å². The number of hydrazine groups is 1. The molecule has 4 aliphatic heterocycles. The third-order valence-corrected chi connectivity index (χ3v) is 7.22. The zero-order valence-electron chi connectivity index (χ0n) is 25.2. The molecule has 0 radical (unpaired) electrons. The Morgan fingerprint density at radius 3 is 1.08 bits per heavy atom. The lowest BCUT2D eigenvalue weighted by Gasteiger charge is -2.35. The largest absolute Gasteiger partial charge is 0.335 e. The van der Waals surface area contributed by atoms with Crippen molar-refractivity contribution in [1.82, 2.24) is 29.9 Å². The molecule has 10 amide bonds. The smallest absolute Gasteiger partial charge is 0.330 e. The molecule has 2 saturated heterocycles. The topological polar surface area (TPSA) is 243 Å². The summed E-state index contributed by atoms with van der Waals surface area (Å²) in [4.78, 5) is 159. The number of rotatable bonds is 14. The molecular weight excluding hydrogens is 644 g/mol. The van der Waals surface area contributed by atoms with Crippen LogP contribution in [0.25, 0.3) is 0 Å². The summed E-state index contributed by atoms with van der Waals surface area (Å²) in [6, 6.07) is 0. The molecule has 4 aliphatic rings. The quantitative estimate of drug-likeness (QED) is 0.134. The molecule has 48 heavy (non-hydrogen) atoms. The summed E-state index contributed by atoms with van der Waals surface area (Å²) in [7, 11) is 0. The lowest BCUT2D eigenvalue weighted by Crippen LogP contribution is -2.53. The molecule has 2 fully saturated rings. The Bertz CT molecular complexity index is 1380. The molecular formula is C28H28N6O14. The van der Waals surface area contributed by atoms with Crippen molar-refractivity contribution >= 4 is 71.0 Å². The first-order valence-corrected chi connectivity index (χ1v) is 14.6. The molecule has 0 aromatic heterocycles. The fourth-order valence-corrected chi connectivity index (χ4v) is 4.74. The zero-order chi connectivity index (χ0) is 35.1. The minimum atomic E-state index is -1.16. The van der Waals surface area contributed by atoms with Gasteiger partial charge in [0.1, 0.15) is 0 Å². The van der Waals surface area contributed by atoms with Crippen molar-refractivity contribution in [3.8, 4) is 0 Å². The lowest BCUT2D eigenvalue weighted by atomic mass is 10.3. The van der Waals surface area contributed by atoms with Gasteiger partial charge in [-0.25, -0.2) is 9.59 Å². The van der Waals surface area contributed by atoms with Gasteiger partial charge in [-0.2, -0.15) is 0 Å². The van der Waals surface area contributed by atoms with Crippen molar-refractivity contribution in [2.45, 2.75) is 51.4 Å². The van der Waals surface area contributed by atoms with Crippen molar-refractivity contribution in [3.05, 3.63) is 24.3 Å². The molecule has 0 spiro atoms. The van der Waals surface area contributed by atoms with Crippen LogP contribution in [-0.4, -0.2) is 127 Å². The second-order valence-electron chi connectivity index (χ2n) is 10.4. The van der Waals surface area contributed by atoms with Crippen LogP contribution in [0.1, 0.15) is 51.4 Å². The van der Waals surface area contributed by atoms with Crippen molar-refractivity contribution in [1.29, 1.82) is 0 Å². The predicted molar refractivity (Wildman–Crippen MR) is 148 cm³/mol. The third-order valence-electron chi connectivity index (χ3n) is 7.22. The van der Waals surface area contributed by atoms with E-state index in [0.29, 0.717) is 10.0 Å². The van der Waals surface area contributed by atoms with Crippen LogP contribution in [0.4, 0.5) is 0 Å². The highest BCUT2D eigenvalue weighted by Crippen LogP contribution is 2.17. The molecule has 0 saturated carbocycles. The van der Waals surface area contributed by atoms with E-state index in [0.717, 1.165) is 34.1 Å². The van der Waals surface area contributed by atoms with Gasteiger partial charge >= 0.3 is 11.9 Å². The second-order valence-corrected chi connectivity index (χ2v) is 10.4. The number of hydrogen-bond donors (Lipinski definition) is 0. The van der Waals surface area contributed by atoms with E-state index in [2.05, 4.69) is 0 Å². The molecule has 0 unspecified atom stereocenters. The van der Waals surface area contributed by atoms with Gasteiger partial charge in [-0.05, 0) is 0 Å². The van der Waals surface area contributed by atoms with Crippen LogP contribution in [0, 0.1) is 0 Å². The SMILES string of the molecule is O=C(CCN(C(=O)CCN1C(=O)C=CC1=O)N(CCC(=O)ON1C(=O)CCC1=O)C(=O)CCN1C(=O)C=CC1=O)ON1C(=O)CCC1=O. The highest BCUT2D eigenvalue weighted by atomic mass is 16.7. The summed E-state index contributed by atoms with van der Waals surface area (Å²) in [6.07, 6.45) is 0.549. The molecule has 4 heterocycles. The van der Waals surface area contributed by atoms with Gasteiger partial charge in [-0.3, -0.25) is 67.8 Å². The molecule has 0 N–H and O–H groups in total. The highest BCUT2D eigenvalue weighted by Gasteiger charge is 2.36. The summed E-state index contributed by atoms with van der Waals surface area (Å²) < 4.78 is 0. The van der Waals surface area contributed by atoms with Crippen LogP contribution in [0.5, 0.6) is 0 Å². The minimum absolute atomic E-state index is 0.190. The van der Waals surface area contributed by atoms with Crippen molar-refractivity contribution in [2.75, 3.05) is 26.2 Å². The average Bonchev–Trinajstić information content (AvgIpc) is 3.75. The second kappa shape index (κ2) is 15.0. The Kier molecular flexibility index (Phi) is 10.9. The first-order chi connectivity index (χ1) is 22.8. The standard InChI is InChI=1S/C28H28N6O14/c35-17-1-2-18(36)29(17)13-9-21(39)31(15-11-27(45)47-33-23(41)5-6-24(33)42)32(22(40)10-14-30-19(37)3-4-20(30)38)16-12-28(46)48-34-25(43)7-8-26(34)44/h1-4H,5-16H2. The van der Waals surface area contributed by atoms with Gasteiger partial charge in [0.05, 0.1) is 25.9 Å². The Morgan fingerprint density at radius 1 is 0.500 bits per heavy atom. The Hall–Kier alpha value is -6.08. The molecule has 0 atom stereocenters. The van der Waals surface area contributed by atoms with Crippen LogP contribution in [0.15, 0.2) is 24.3 Å². The first-order valence-electron chi connectivity index (χ1n) is 14.6. The maximum atomic E-state index is 13.5. The average molecular weight is 673 g/mol. The van der Waals surface area contributed by atoms with Gasteiger partial charge in [0.25, 0.3) is 47.3 Å². The van der Waals surface area contributed by atoms with E-state index in [1.807, 2.05) is 0 Å². The van der Waals surface area contributed by atoms with E-state index in [1.54, 1.807) is 0 Å². The maximum absolute atomic E-state index is 13.5. The lowest BCUT2D eigenvalue weighted by molar-refractivity contribution is -0.199. The zero-order valence-corrected chi connectivity index (χ0v) is 25.2. The summed E-state index contributed by atoms with van der Waals surface area (Å²) in [5.74, 6) is -10.2. The van der Waals surface area contributed by atoms with Crippen molar-refractivity contribution in [2.24, 2.45) is 0 Å². The molecule has 0 bridgehead atoms. The van der Waals surface area contributed by atoms with E-state index in [1.165, 1.54) is 0 Å². The molecule has 254 valence electrons. The number of carbonyl (C=O) groups is 12. The number of hydrogen-bond acceptors (Lipinski definition) is 14. The molecule has 0 aliphatic carbocycles. The molecule has 4 rings (SSSR count). The van der Waals surface area contributed by atoms with E-state index in [9.17, 15) is 57.5 Å². The predicted octanol–water partition coefficient (Wildman–Crippen LogP) is -2.82. The van der Waals surface area contributed by atoms with Crippen LogP contribution in [0.2, 0.25) is 0 Å². The Balaban J connectivity index is 1.53. The normalized spacial score (nSPS) is 17.4. The summed E-state index contributed by atoms with van der Waals surface area (Å²) in [6.45, 7) is -2.23. The summed E-state index contributed by atoms with van der Waals surface area (Å²) >= 11 is 0. The maximum Gasteiger partial charge on any atom is 0.335 e. The fraction of sp³-hybridized carbons (Fsp3) is 0.429. The number of nitrogens with zero attached hydrogens (tertiary/aromatic N) is 6. The molecule has 0 aromatic carbocycles. The highest BCUT2D eigenvalue weighted by molar-refractivity contribution is 6.13. The summed E-state index contributed by atoms with van der Waals surface area (Å²) in [5, 5.41) is 1.93. The number of carbonyl (C=O) groups excluding carboxylic acids is 12. The van der Waals surface area contributed by atoms with E-state index >= 15 is 0 Å². The number of amides is 10. The fourth-order valence-electron chi connectivity index (χ4n) is 4.74.